The third-order valence-electron chi connectivity index (χ3n) is 6.30. The second-order valence-electron chi connectivity index (χ2n) is 9.20. The Morgan fingerprint density at radius 2 is 1.86 bits per heavy atom. The maximum atomic E-state index is 13.7. The van der Waals surface area contributed by atoms with Crippen LogP contribution in [0.15, 0.2) is 29.3 Å². The Morgan fingerprint density at radius 3 is 2.40 bits per heavy atom. The van der Waals surface area contributed by atoms with Crippen molar-refractivity contribution < 1.29 is 31.8 Å². The predicted octanol–water partition coefficient (Wildman–Crippen LogP) is 3.62. The van der Waals surface area contributed by atoms with E-state index >= 15 is 0 Å². The van der Waals surface area contributed by atoms with Crippen molar-refractivity contribution in [1.82, 2.24) is 14.5 Å². The van der Waals surface area contributed by atoms with Crippen molar-refractivity contribution in [2.45, 2.75) is 57.1 Å². The molecule has 2 atom stereocenters. The van der Waals surface area contributed by atoms with Crippen LogP contribution < -0.4 is 4.90 Å². The van der Waals surface area contributed by atoms with Crippen LogP contribution in [0, 0.1) is 5.92 Å². The van der Waals surface area contributed by atoms with E-state index in [9.17, 15) is 31.8 Å². The number of nitrogens with zero attached hydrogens (tertiary/aromatic N) is 4. The minimum absolute atomic E-state index is 0.0452. The number of rotatable bonds is 5. The molecule has 4 rings (SSSR count). The average molecular weight is 513 g/mol. The Balaban J connectivity index is 1.88. The second kappa shape index (κ2) is 8.75. The summed E-state index contributed by atoms with van der Waals surface area (Å²) in [7, 11) is -3.59. The van der Waals surface area contributed by atoms with Gasteiger partial charge < -0.3 is 19.7 Å². The van der Waals surface area contributed by atoms with E-state index in [0.29, 0.717) is 18.6 Å². The van der Waals surface area contributed by atoms with Gasteiger partial charge in [0.2, 0.25) is 5.95 Å². The molecular formula is C23H27F3N4O4S. The van der Waals surface area contributed by atoms with Gasteiger partial charge in [0.25, 0.3) is 0 Å². The minimum atomic E-state index is -4.76. The van der Waals surface area contributed by atoms with E-state index in [1.54, 1.807) is 17.0 Å². The molecule has 1 unspecified atom stereocenters. The molecule has 0 bridgehead atoms. The Labute approximate surface area is 201 Å². The summed E-state index contributed by atoms with van der Waals surface area (Å²) in [5.41, 5.74) is 0.180. The molecule has 2 aromatic heterocycles. The molecule has 1 aliphatic rings. The molecule has 0 fully saturated rings. The number of aliphatic hydroxyl groups excluding tert-OH is 2. The smallest absolute Gasteiger partial charge is 0.392 e. The molecule has 12 heteroatoms. The van der Waals surface area contributed by atoms with Gasteiger partial charge in [-0.15, -0.1) is 0 Å². The highest BCUT2D eigenvalue weighted by Gasteiger charge is 2.39. The lowest BCUT2D eigenvalue weighted by atomic mass is 9.97. The molecule has 0 saturated carbocycles. The summed E-state index contributed by atoms with van der Waals surface area (Å²) in [6.07, 6.45) is -4.04. The Kier molecular flexibility index (Phi) is 6.35. The normalized spacial score (nSPS) is 17.8. The summed E-state index contributed by atoms with van der Waals surface area (Å²) >= 11 is 0. The summed E-state index contributed by atoms with van der Waals surface area (Å²) in [6.45, 7) is 5.31. The average Bonchev–Trinajstić information content (AvgIpc) is 3.13. The van der Waals surface area contributed by atoms with Gasteiger partial charge in [0, 0.05) is 47.7 Å². The van der Waals surface area contributed by atoms with Crippen LogP contribution in [0.25, 0.3) is 10.9 Å². The van der Waals surface area contributed by atoms with Crippen molar-refractivity contribution in [3.05, 3.63) is 46.9 Å². The van der Waals surface area contributed by atoms with Gasteiger partial charge in [0.1, 0.15) is 0 Å². The Hall–Kier alpha value is -2.70. The molecule has 0 saturated heterocycles. The van der Waals surface area contributed by atoms with Gasteiger partial charge in [-0.3, -0.25) is 0 Å². The third-order valence-corrected chi connectivity index (χ3v) is 7.48. The van der Waals surface area contributed by atoms with Gasteiger partial charge in [-0.2, -0.15) is 13.2 Å². The lowest BCUT2D eigenvalue weighted by molar-refractivity contribution is -0.142. The van der Waals surface area contributed by atoms with E-state index in [-0.39, 0.29) is 22.3 Å². The highest BCUT2D eigenvalue weighted by atomic mass is 32.2. The van der Waals surface area contributed by atoms with Crippen LogP contribution in [0.3, 0.4) is 0 Å². The molecule has 190 valence electrons. The summed E-state index contributed by atoms with van der Waals surface area (Å²) in [5.74, 6) is -0.149. The molecule has 8 nitrogen and oxygen atoms in total. The van der Waals surface area contributed by atoms with Gasteiger partial charge in [-0.1, -0.05) is 13.8 Å². The lowest BCUT2D eigenvalue weighted by Gasteiger charge is -2.39. The van der Waals surface area contributed by atoms with Gasteiger partial charge in [0.15, 0.2) is 15.5 Å². The van der Waals surface area contributed by atoms with Crippen molar-refractivity contribution in [2.24, 2.45) is 5.92 Å². The SMILES string of the molecule is CC(O)c1cnc(N2CCn3c(cc4cc(CO)c(S(C)(=O)=O)cc43)[C@H]2C(C)C)nc1C(F)(F)F. The topological polar surface area (TPSA) is 109 Å². The minimum Gasteiger partial charge on any atom is -0.392 e. The van der Waals surface area contributed by atoms with Gasteiger partial charge >= 0.3 is 6.18 Å². The van der Waals surface area contributed by atoms with E-state index in [4.69, 9.17) is 0 Å². The first kappa shape index (κ1) is 25.4. The van der Waals surface area contributed by atoms with E-state index < -0.39 is 46.0 Å². The number of alkyl halides is 3. The first-order valence-electron chi connectivity index (χ1n) is 11.1. The first-order chi connectivity index (χ1) is 16.2. The summed E-state index contributed by atoms with van der Waals surface area (Å²) in [6, 6.07) is 4.65. The molecule has 3 aromatic rings. The number of hydrogen-bond donors (Lipinski definition) is 2. The Bertz CT molecular complexity index is 1380. The highest BCUT2D eigenvalue weighted by Crippen LogP contribution is 2.40. The lowest BCUT2D eigenvalue weighted by Crippen LogP contribution is -2.41. The number of sulfone groups is 1. The molecule has 0 spiro atoms. The maximum absolute atomic E-state index is 13.7. The molecule has 1 aliphatic heterocycles. The molecule has 1 aromatic carbocycles. The van der Waals surface area contributed by atoms with Crippen molar-refractivity contribution >= 4 is 26.7 Å². The number of benzene rings is 1. The number of hydrogen-bond acceptors (Lipinski definition) is 7. The van der Waals surface area contributed by atoms with Gasteiger partial charge in [-0.25, -0.2) is 18.4 Å². The highest BCUT2D eigenvalue weighted by molar-refractivity contribution is 7.90. The van der Waals surface area contributed by atoms with Gasteiger partial charge in [-0.05, 0) is 36.6 Å². The van der Waals surface area contributed by atoms with E-state index in [0.717, 1.165) is 23.5 Å². The maximum Gasteiger partial charge on any atom is 0.433 e. The number of anilines is 1. The van der Waals surface area contributed by atoms with E-state index in [2.05, 4.69) is 9.97 Å². The van der Waals surface area contributed by atoms with Crippen LogP contribution in [-0.2, 0) is 29.2 Å². The molecular weight excluding hydrogens is 485 g/mol. The predicted molar refractivity (Wildman–Crippen MR) is 124 cm³/mol. The molecule has 35 heavy (non-hydrogen) atoms. The zero-order chi connectivity index (χ0) is 25.9. The van der Waals surface area contributed by atoms with Crippen LogP contribution in [-0.4, -0.2) is 46.0 Å². The molecule has 2 N–H and O–H groups in total. The van der Waals surface area contributed by atoms with Crippen LogP contribution in [0.2, 0.25) is 0 Å². The summed E-state index contributed by atoms with van der Waals surface area (Å²) < 4.78 is 67.6. The Morgan fingerprint density at radius 1 is 1.17 bits per heavy atom. The number of fused-ring (bicyclic) bond motifs is 3. The van der Waals surface area contributed by atoms with Crippen LogP contribution in [0.4, 0.5) is 19.1 Å². The van der Waals surface area contributed by atoms with E-state index in [1.165, 1.54) is 6.92 Å². The summed E-state index contributed by atoms with van der Waals surface area (Å²) in [4.78, 5) is 9.75. The van der Waals surface area contributed by atoms with Crippen molar-refractivity contribution in [1.29, 1.82) is 0 Å². The summed E-state index contributed by atoms with van der Waals surface area (Å²) in [5, 5.41) is 20.2. The van der Waals surface area contributed by atoms with Gasteiger partial charge in [0.05, 0.1) is 23.6 Å². The standard InChI is InChI=1S/C23H27F3N4O4S/c1-12(2)20-18-8-14-7-15(11-31)19(35(4,33)34)9-17(14)29(18)5-6-30(20)22-27-10-16(13(3)32)21(28-22)23(24,25)26/h7-10,12-13,20,31-32H,5-6,11H2,1-4H3/t13?,20-/m1/s1. The van der Waals surface area contributed by atoms with Crippen molar-refractivity contribution in [3.63, 3.8) is 0 Å². The largest absolute Gasteiger partial charge is 0.433 e. The van der Waals surface area contributed by atoms with Crippen LogP contribution in [0.5, 0.6) is 0 Å². The zero-order valence-corrected chi connectivity index (χ0v) is 20.5. The quantitative estimate of drug-likeness (QED) is 0.538. The number of aromatic nitrogens is 3. The van der Waals surface area contributed by atoms with Crippen molar-refractivity contribution in [2.75, 3.05) is 17.7 Å². The van der Waals surface area contributed by atoms with E-state index in [1.807, 2.05) is 24.5 Å². The fourth-order valence-electron chi connectivity index (χ4n) is 4.81. The van der Waals surface area contributed by atoms with Crippen LogP contribution >= 0.6 is 0 Å². The molecule has 0 radical (unpaired) electrons. The fourth-order valence-corrected chi connectivity index (χ4v) is 5.73. The first-order valence-corrected chi connectivity index (χ1v) is 13.0. The fraction of sp³-hybridized carbons (Fsp3) is 0.478. The monoisotopic (exact) mass is 512 g/mol. The van der Waals surface area contributed by atoms with Crippen molar-refractivity contribution in [3.8, 4) is 0 Å². The second-order valence-corrected chi connectivity index (χ2v) is 11.2. The third kappa shape index (κ3) is 4.50. The van der Waals surface area contributed by atoms with Crippen LogP contribution in [0.1, 0.15) is 55.4 Å². The molecule has 3 heterocycles. The number of aliphatic hydroxyl groups is 2. The number of halogens is 3. The molecule has 0 aliphatic carbocycles. The zero-order valence-electron chi connectivity index (χ0n) is 19.7. The molecule has 0 amide bonds.